The van der Waals surface area contributed by atoms with E-state index in [9.17, 15) is 9.59 Å². The van der Waals surface area contributed by atoms with E-state index in [0.29, 0.717) is 5.92 Å². The quantitative estimate of drug-likeness (QED) is 0.531. The number of carbonyl (C=O) groups is 2. The highest BCUT2D eigenvalue weighted by atomic mass is 16.4. The molecule has 6 heteroatoms. The largest absolute Gasteiger partial charge is 0.480 e. The lowest BCUT2D eigenvalue weighted by Gasteiger charge is -2.27. The molecule has 92 valence electrons. The number of amides is 2. The Hall–Kier alpha value is -1.30. The summed E-state index contributed by atoms with van der Waals surface area (Å²) in [5, 5.41) is 22.3. The van der Waals surface area contributed by atoms with E-state index in [1.807, 2.05) is 13.8 Å². The first-order valence-corrected chi connectivity index (χ1v) is 5.29. The second kappa shape index (κ2) is 4.69. The zero-order chi connectivity index (χ0) is 12.3. The fourth-order valence-electron chi connectivity index (χ4n) is 1.58. The number of carbonyl (C=O) groups excluding carboxylic acids is 1. The molecule has 0 heterocycles. The van der Waals surface area contributed by atoms with Gasteiger partial charge in [0, 0.05) is 5.54 Å². The van der Waals surface area contributed by atoms with Crippen molar-refractivity contribution >= 4 is 12.0 Å². The van der Waals surface area contributed by atoms with Gasteiger partial charge in [-0.25, -0.2) is 9.59 Å². The van der Waals surface area contributed by atoms with Gasteiger partial charge in [0.2, 0.25) is 0 Å². The molecular formula is C10H18N2O4. The van der Waals surface area contributed by atoms with Crippen LogP contribution in [0.3, 0.4) is 0 Å². The van der Waals surface area contributed by atoms with Crippen molar-refractivity contribution in [3.63, 3.8) is 0 Å². The van der Waals surface area contributed by atoms with Crippen molar-refractivity contribution in [1.82, 2.24) is 10.6 Å². The number of aliphatic carboxylic acids is 1. The fraction of sp³-hybridized carbons (Fsp3) is 0.800. The van der Waals surface area contributed by atoms with Gasteiger partial charge in [-0.15, -0.1) is 0 Å². The van der Waals surface area contributed by atoms with Gasteiger partial charge in [0.25, 0.3) is 0 Å². The molecule has 2 amide bonds. The molecule has 6 nitrogen and oxygen atoms in total. The number of hydrogen-bond donors (Lipinski definition) is 4. The first-order valence-electron chi connectivity index (χ1n) is 5.29. The topological polar surface area (TPSA) is 98.7 Å². The second-order valence-electron chi connectivity index (χ2n) is 4.67. The monoisotopic (exact) mass is 230 g/mol. The van der Waals surface area contributed by atoms with Crippen molar-refractivity contribution < 1.29 is 19.8 Å². The van der Waals surface area contributed by atoms with E-state index in [-0.39, 0.29) is 5.54 Å². The summed E-state index contributed by atoms with van der Waals surface area (Å²) < 4.78 is 0. The van der Waals surface area contributed by atoms with Gasteiger partial charge in [-0.05, 0) is 32.6 Å². The molecule has 4 N–H and O–H groups in total. The van der Waals surface area contributed by atoms with Gasteiger partial charge in [-0.1, -0.05) is 0 Å². The fourth-order valence-corrected chi connectivity index (χ4v) is 1.58. The minimum atomic E-state index is -1.25. The number of hydrogen-bond acceptors (Lipinski definition) is 3. The lowest BCUT2D eigenvalue weighted by molar-refractivity contribution is -0.140. The summed E-state index contributed by atoms with van der Waals surface area (Å²) in [7, 11) is 0. The van der Waals surface area contributed by atoms with Crippen molar-refractivity contribution in [3.8, 4) is 0 Å². The number of carboxylic acid groups (broad SMARTS) is 1. The molecule has 1 atom stereocenters. The first-order chi connectivity index (χ1) is 7.36. The molecule has 1 aliphatic carbocycles. The molecule has 1 unspecified atom stereocenters. The standard InChI is InChI=1S/C10H18N2O4/c1-10(2,6-3-4-6)12-9(16)11-7(5-13)8(14)15/h6-7,13H,3-5H2,1-2H3,(H,14,15)(H2,11,12,16). The Kier molecular flexibility index (Phi) is 3.74. The van der Waals surface area contributed by atoms with Crippen molar-refractivity contribution in [3.05, 3.63) is 0 Å². The lowest BCUT2D eigenvalue weighted by atomic mass is 9.99. The van der Waals surface area contributed by atoms with Crippen molar-refractivity contribution in [2.75, 3.05) is 6.61 Å². The van der Waals surface area contributed by atoms with E-state index in [1.165, 1.54) is 0 Å². The Morgan fingerprint density at radius 2 is 2.00 bits per heavy atom. The second-order valence-corrected chi connectivity index (χ2v) is 4.67. The number of carboxylic acids is 1. The highest BCUT2D eigenvalue weighted by Crippen LogP contribution is 2.39. The summed E-state index contributed by atoms with van der Waals surface area (Å²) >= 11 is 0. The van der Waals surface area contributed by atoms with Crippen molar-refractivity contribution in [2.24, 2.45) is 5.92 Å². The van der Waals surface area contributed by atoms with E-state index in [2.05, 4.69) is 10.6 Å². The third kappa shape index (κ3) is 3.37. The predicted octanol–water partition coefficient (Wildman–Crippen LogP) is -0.0803. The van der Waals surface area contributed by atoms with E-state index < -0.39 is 24.6 Å². The van der Waals surface area contributed by atoms with Gasteiger partial charge in [0.1, 0.15) is 0 Å². The molecule has 0 aromatic heterocycles. The SMILES string of the molecule is CC(C)(NC(=O)NC(CO)C(=O)O)C1CC1. The van der Waals surface area contributed by atoms with Crippen molar-refractivity contribution in [2.45, 2.75) is 38.3 Å². The minimum absolute atomic E-state index is 0.331. The molecule has 0 bridgehead atoms. The van der Waals surface area contributed by atoms with Gasteiger partial charge >= 0.3 is 12.0 Å². The molecular weight excluding hydrogens is 212 g/mol. The van der Waals surface area contributed by atoms with Crippen LogP contribution in [-0.2, 0) is 4.79 Å². The molecule has 0 spiro atoms. The first kappa shape index (κ1) is 12.8. The van der Waals surface area contributed by atoms with Crippen LogP contribution < -0.4 is 10.6 Å². The van der Waals surface area contributed by atoms with Crippen LogP contribution in [0.2, 0.25) is 0 Å². The Bertz CT molecular complexity index is 287. The van der Waals surface area contributed by atoms with Gasteiger partial charge in [0.05, 0.1) is 6.61 Å². The Labute approximate surface area is 94.0 Å². The minimum Gasteiger partial charge on any atom is -0.480 e. The van der Waals surface area contributed by atoms with Gasteiger partial charge in [-0.3, -0.25) is 0 Å². The summed E-state index contributed by atoms with van der Waals surface area (Å²) in [4.78, 5) is 22.0. The smallest absolute Gasteiger partial charge is 0.328 e. The van der Waals surface area contributed by atoms with Gasteiger partial charge in [-0.2, -0.15) is 0 Å². The molecule has 1 aliphatic rings. The third-order valence-electron chi connectivity index (χ3n) is 2.82. The van der Waals surface area contributed by atoms with Gasteiger partial charge in [0.15, 0.2) is 6.04 Å². The number of urea groups is 1. The number of aliphatic hydroxyl groups is 1. The molecule has 1 rings (SSSR count). The molecule has 1 saturated carbocycles. The van der Waals surface area contributed by atoms with Crippen LogP contribution >= 0.6 is 0 Å². The molecule has 16 heavy (non-hydrogen) atoms. The average Bonchev–Trinajstić information content (AvgIpc) is 2.95. The normalized spacial score (nSPS) is 17.7. The number of aliphatic hydroxyl groups excluding tert-OH is 1. The van der Waals surface area contributed by atoms with E-state index in [4.69, 9.17) is 10.2 Å². The van der Waals surface area contributed by atoms with E-state index >= 15 is 0 Å². The van der Waals surface area contributed by atoms with Crippen LogP contribution in [0.15, 0.2) is 0 Å². The van der Waals surface area contributed by atoms with Crippen LogP contribution in [-0.4, -0.2) is 40.4 Å². The zero-order valence-electron chi connectivity index (χ0n) is 9.49. The molecule has 0 radical (unpaired) electrons. The summed E-state index contributed by atoms with van der Waals surface area (Å²) in [5.74, 6) is -0.794. The summed E-state index contributed by atoms with van der Waals surface area (Å²) in [6, 6.07) is -1.81. The summed E-state index contributed by atoms with van der Waals surface area (Å²) in [6.07, 6.45) is 2.16. The highest BCUT2D eigenvalue weighted by Gasteiger charge is 2.39. The zero-order valence-corrected chi connectivity index (χ0v) is 9.49. The average molecular weight is 230 g/mol. The maximum absolute atomic E-state index is 11.5. The predicted molar refractivity (Wildman–Crippen MR) is 57.0 cm³/mol. The van der Waals surface area contributed by atoms with Crippen LogP contribution in [0, 0.1) is 5.92 Å². The third-order valence-corrected chi connectivity index (χ3v) is 2.82. The Balaban J connectivity index is 2.42. The molecule has 0 aliphatic heterocycles. The number of rotatable bonds is 5. The molecule has 0 saturated heterocycles. The van der Waals surface area contributed by atoms with Crippen LogP contribution in [0.4, 0.5) is 4.79 Å². The Morgan fingerprint density at radius 1 is 1.44 bits per heavy atom. The van der Waals surface area contributed by atoms with E-state index in [1.54, 1.807) is 0 Å². The molecule has 1 fully saturated rings. The Morgan fingerprint density at radius 3 is 2.38 bits per heavy atom. The van der Waals surface area contributed by atoms with E-state index in [0.717, 1.165) is 12.8 Å². The highest BCUT2D eigenvalue weighted by molar-refractivity contribution is 5.82. The molecule has 0 aromatic carbocycles. The summed E-state index contributed by atoms with van der Waals surface area (Å²) in [5.41, 5.74) is -0.331. The maximum atomic E-state index is 11.5. The van der Waals surface area contributed by atoms with Crippen LogP contribution in [0.1, 0.15) is 26.7 Å². The van der Waals surface area contributed by atoms with Crippen LogP contribution in [0.5, 0.6) is 0 Å². The van der Waals surface area contributed by atoms with Gasteiger partial charge < -0.3 is 20.8 Å². The summed E-state index contributed by atoms with van der Waals surface area (Å²) in [6.45, 7) is 3.19. The number of nitrogens with one attached hydrogen (secondary N) is 2. The molecule has 0 aromatic rings. The lowest BCUT2D eigenvalue weighted by Crippen LogP contribution is -2.54. The maximum Gasteiger partial charge on any atom is 0.328 e. The van der Waals surface area contributed by atoms with Crippen molar-refractivity contribution in [1.29, 1.82) is 0 Å². The van der Waals surface area contributed by atoms with Crippen LogP contribution in [0.25, 0.3) is 0 Å².